The Balaban J connectivity index is 1.75. The summed E-state index contributed by atoms with van der Waals surface area (Å²) in [6.07, 6.45) is 0. The Bertz CT molecular complexity index is 688. The predicted octanol–water partition coefficient (Wildman–Crippen LogP) is 5.10. The highest BCUT2D eigenvalue weighted by Crippen LogP contribution is 2.24. The highest BCUT2D eigenvalue weighted by Gasteiger charge is 2.14. The summed E-state index contributed by atoms with van der Waals surface area (Å²) in [5.74, 6) is 1.57. The molecule has 0 aromatic heterocycles. The monoisotopic (exact) mass is 363 g/mol. The largest absolute Gasteiger partial charge is 0.493 e. The Morgan fingerprint density at radius 3 is 2.62 bits per heavy atom. The molecule has 2 rings (SSSR count). The lowest BCUT2D eigenvalue weighted by Crippen LogP contribution is -2.23. The summed E-state index contributed by atoms with van der Waals surface area (Å²) in [6, 6.07) is 13.5. The van der Waals surface area contributed by atoms with E-state index >= 15 is 0 Å². The third-order valence-electron chi connectivity index (χ3n) is 3.64. The molecule has 0 unspecified atom stereocenters. The highest BCUT2D eigenvalue weighted by molar-refractivity contribution is 8.00. The van der Waals surface area contributed by atoms with Crippen molar-refractivity contribution in [2.75, 3.05) is 17.7 Å². The van der Waals surface area contributed by atoms with Crippen LogP contribution in [0.1, 0.15) is 18.1 Å². The molecule has 5 heteroatoms. The van der Waals surface area contributed by atoms with Crippen LogP contribution < -0.4 is 10.1 Å². The van der Waals surface area contributed by atoms with Crippen LogP contribution in [0.4, 0.5) is 5.69 Å². The quantitative estimate of drug-likeness (QED) is 0.696. The molecule has 0 aliphatic carbocycles. The first-order valence-corrected chi connectivity index (χ1v) is 9.27. The van der Waals surface area contributed by atoms with Crippen LogP contribution in [0.15, 0.2) is 42.5 Å². The molecule has 128 valence electrons. The van der Waals surface area contributed by atoms with E-state index in [1.807, 2.05) is 63.2 Å². The summed E-state index contributed by atoms with van der Waals surface area (Å²) >= 11 is 7.64. The number of benzene rings is 2. The Morgan fingerprint density at radius 2 is 1.92 bits per heavy atom. The number of anilines is 1. The van der Waals surface area contributed by atoms with Crippen molar-refractivity contribution in [2.45, 2.75) is 26.0 Å². The van der Waals surface area contributed by atoms with Gasteiger partial charge in [0.15, 0.2) is 0 Å². The summed E-state index contributed by atoms with van der Waals surface area (Å²) in [5, 5.41) is 3.42. The fourth-order valence-corrected chi connectivity index (χ4v) is 2.99. The van der Waals surface area contributed by atoms with E-state index in [1.54, 1.807) is 11.8 Å². The molecule has 0 aliphatic heterocycles. The standard InChI is InChI=1S/C19H22ClNO2S/c1-13-7-9-16(10-8-13)23-11-12-24-15(3)19(22)21-18-6-4-5-17(20)14(18)2/h4-10,15H,11-12H2,1-3H3,(H,21,22)/t15-/m0/s1. The van der Waals surface area contributed by atoms with Crippen molar-refractivity contribution in [3.8, 4) is 5.75 Å². The summed E-state index contributed by atoms with van der Waals surface area (Å²) in [5.41, 5.74) is 2.85. The van der Waals surface area contributed by atoms with Crippen molar-refractivity contribution in [2.24, 2.45) is 0 Å². The lowest BCUT2D eigenvalue weighted by atomic mass is 10.2. The predicted molar refractivity (Wildman–Crippen MR) is 103 cm³/mol. The van der Waals surface area contributed by atoms with E-state index in [1.165, 1.54) is 5.56 Å². The van der Waals surface area contributed by atoms with Crippen molar-refractivity contribution in [3.63, 3.8) is 0 Å². The summed E-state index contributed by atoms with van der Waals surface area (Å²) in [4.78, 5) is 12.3. The van der Waals surface area contributed by atoms with Gasteiger partial charge in [0.2, 0.25) is 5.91 Å². The molecule has 0 bridgehead atoms. The van der Waals surface area contributed by atoms with Gasteiger partial charge >= 0.3 is 0 Å². The second-order valence-electron chi connectivity index (χ2n) is 5.58. The minimum absolute atomic E-state index is 0.0271. The van der Waals surface area contributed by atoms with Crippen LogP contribution in [0.25, 0.3) is 0 Å². The van der Waals surface area contributed by atoms with Gasteiger partial charge in [-0.1, -0.05) is 35.4 Å². The highest BCUT2D eigenvalue weighted by atomic mass is 35.5. The fourth-order valence-electron chi connectivity index (χ4n) is 2.07. The van der Waals surface area contributed by atoms with Crippen LogP contribution in [0.5, 0.6) is 5.75 Å². The Morgan fingerprint density at radius 1 is 1.21 bits per heavy atom. The van der Waals surface area contributed by atoms with E-state index in [2.05, 4.69) is 5.32 Å². The van der Waals surface area contributed by atoms with Gasteiger partial charge in [-0.25, -0.2) is 0 Å². The van der Waals surface area contributed by atoms with Crippen molar-refractivity contribution in [1.82, 2.24) is 0 Å². The van der Waals surface area contributed by atoms with Gasteiger partial charge < -0.3 is 10.1 Å². The molecule has 1 N–H and O–H groups in total. The zero-order chi connectivity index (χ0) is 17.5. The van der Waals surface area contributed by atoms with Gasteiger partial charge in [0.05, 0.1) is 11.9 Å². The van der Waals surface area contributed by atoms with E-state index in [0.29, 0.717) is 11.6 Å². The number of nitrogens with one attached hydrogen (secondary N) is 1. The molecule has 24 heavy (non-hydrogen) atoms. The number of rotatable bonds is 7. The maximum atomic E-state index is 12.3. The Labute approximate surface area is 152 Å². The van der Waals surface area contributed by atoms with Gasteiger partial charge in [-0.15, -0.1) is 11.8 Å². The molecule has 0 saturated heterocycles. The minimum atomic E-state index is -0.162. The summed E-state index contributed by atoms with van der Waals surface area (Å²) in [7, 11) is 0. The van der Waals surface area contributed by atoms with Crippen molar-refractivity contribution in [1.29, 1.82) is 0 Å². The molecule has 0 radical (unpaired) electrons. The number of halogens is 1. The van der Waals surface area contributed by atoms with Crippen LogP contribution in [-0.2, 0) is 4.79 Å². The summed E-state index contributed by atoms with van der Waals surface area (Å²) < 4.78 is 5.67. The number of thioether (sulfide) groups is 1. The van der Waals surface area contributed by atoms with Crippen LogP contribution in [-0.4, -0.2) is 23.5 Å². The van der Waals surface area contributed by atoms with Crippen LogP contribution >= 0.6 is 23.4 Å². The number of carbonyl (C=O) groups is 1. The number of carbonyl (C=O) groups excluding carboxylic acids is 1. The molecular formula is C19H22ClNO2S. The van der Waals surface area contributed by atoms with Crippen LogP contribution in [0.3, 0.4) is 0 Å². The van der Waals surface area contributed by atoms with Gasteiger partial charge in [-0.05, 0) is 50.6 Å². The number of hydrogen-bond donors (Lipinski definition) is 1. The van der Waals surface area contributed by atoms with Gasteiger partial charge in [0.25, 0.3) is 0 Å². The van der Waals surface area contributed by atoms with E-state index in [-0.39, 0.29) is 11.2 Å². The van der Waals surface area contributed by atoms with Crippen molar-refractivity contribution >= 4 is 35.0 Å². The first kappa shape index (κ1) is 18.7. The fraction of sp³-hybridized carbons (Fsp3) is 0.316. The number of hydrogen-bond acceptors (Lipinski definition) is 3. The third-order valence-corrected chi connectivity index (χ3v) is 5.16. The van der Waals surface area contributed by atoms with Gasteiger partial charge in [0.1, 0.15) is 5.75 Å². The topological polar surface area (TPSA) is 38.3 Å². The lowest BCUT2D eigenvalue weighted by molar-refractivity contribution is -0.115. The maximum Gasteiger partial charge on any atom is 0.237 e. The zero-order valence-electron chi connectivity index (χ0n) is 14.1. The molecule has 0 saturated carbocycles. The first-order chi connectivity index (χ1) is 11.5. The van der Waals surface area contributed by atoms with Crippen molar-refractivity contribution < 1.29 is 9.53 Å². The van der Waals surface area contributed by atoms with Crippen LogP contribution in [0, 0.1) is 13.8 Å². The number of aryl methyl sites for hydroxylation is 1. The molecule has 2 aromatic rings. The zero-order valence-corrected chi connectivity index (χ0v) is 15.7. The second-order valence-corrected chi connectivity index (χ2v) is 7.43. The molecule has 0 heterocycles. The van der Waals surface area contributed by atoms with Crippen LogP contribution in [0.2, 0.25) is 5.02 Å². The second kappa shape index (κ2) is 9.00. The molecule has 1 atom stereocenters. The molecule has 0 aliphatic rings. The maximum absolute atomic E-state index is 12.3. The van der Waals surface area contributed by atoms with Gasteiger partial charge in [-0.3, -0.25) is 4.79 Å². The average molecular weight is 364 g/mol. The minimum Gasteiger partial charge on any atom is -0.493 e. The van der Waals surface area contributed by atoms with Gasteiger partial charge in [0, 0.05) is 16.5 Å². The van der Waals surface area contributed by atoms with E-state index in [0.717, 1.165) is 22.8 Å². The van der Waals surface area contributed by atoms with E-state index in [9.17, 15) is 4.79 Å². The summed E-state index contributed by atoms with van der Waals surface area (Å²) in [6.45, 7) is 6.40. The Kier molecular flexibility index (Phi) is 7.00. The molecule has 0 fully saturated rings. The molecular weight excluding hydrogens is 342 g/mol. The van der Waals surface area contributed by atoms with Crippen molar-refractivity contribution in [3.05, 3.63) is 58.6 Å². The Hall–Kier alpha value is -1.65. The third kappa shape index (κ3) is 5.46. The van der Waals surface area contributed by atoms with E-state index < -0.39 is 0 Å². The lowest BCUT2D eigenvalue weighted by Gasteiger charge is -2.14. The first-order valence-electron chi connectivity index (χ1n) is 7.84. The molecule has 0 spiro atoms. The average Bonchev–Trinajstić information content (AvgIpc) is 2.57. The number of amides is 1. The number of ether oxygens (including phenoxy) is 1. The normalized spacial score (nSPS) is 11.8. The molecule has 3 nitrogen and oxygen atoms in total. The molecule has 2 aromatic carbocycles. The van der Waals surface area contributed by atoms with E-state index in [4.69, 9.17) is 16.3 Å². The SMILES string of the molecule is Cc1ccc(OCCS[C@@H](C)C(=O)Nc2cccc(Cl)c2C)cc1. The smallest absolute Gasteiger partial charge is 0.237 e. The van der Waals surface area contributed by atoms with Gasteiger partial charge in [-0.2, -0.15) is 0 Å². The molecule has 1 amide bonds.